The maximum Gasteiger partial charge on any atom is 0.416 e. The average Bonchev–Trinajstić information content (AvgIpc) is 3.30. The van der Waals surface area contributed by atoms with E-state index in [0.717, 1.165) is 30.5 Å². The second-order valence-electron chi connectivity index (χ2n) is 8.31. The lowest BCUT2D eigenvalue weighted by molar-refractivity contribution is -0.138. The predicted octanol–water partition coefficient (Wildman–Crippen LogP) is 5.43. The molecule has 0 radical (unpaired) electrons. The van der Waals surface area contributed by atoms with Crippen LogP contribution in [-0.2, 0) is 21.1 Å². The molecule has 1 fully saturated rings. The van der Waals surface area contributed by atoms with Crippen LogP contribution in [0.2, 0.25) is 0 Å². The number of carbonyl (C=O) groups excluding carboxylic acids is 1. The van der Waals surface area contributed by atoms with Crippen LogP contribution in [0.15, 0.2) is 42.5 Å². The van der Waals surface area contributed by atoms with E-state index < -0.39 is 17.2 Å². The number of hydrogen-bond acceptors (Lipinski definition) is 4. The van der Waals surface area contributed by atoms with Crippen LogP contribution in [-0.4, -0.2) is 33.3 Å². The third-order valence-electron chi connectivity index (χ3n) is 6.21. The van der Waals surface area contributed by atoms with Crippen molar-refractivity contribution in [2.45, 2.75) is 50.2 Å². The van der Waals surface area contributed by atoms with E-state index in [9.17, 15) is 18.0 Å². The Balaban J connectivity index is 1.81. The lowest BCUT2D eigenvalue weighted by Crippen LogP contribution is -2.43. The van der Waals surface area contributed by atoms with E-state index in [-0.39, 0.29) is 11.9 Å². The van der Waals surface area contributed by atoms with Crippen LogP contribution in [0.5, 0.6) is 11.5 Å². The second-order valence-corrected chi connectivity index (χ2v) is 8.31. The molecule has 33 heavy (non-hydrogen) atoms. The zero-order valence-corrected chi connectivity index (χ0v) is 19.1. The summed E-state index contributed by atoms with van der Waals surface area (Å²) in [5, 5.41) is 3.02. The number of methoxy groups -OCH3 is 2. The number of carbonyl (C=O) groups is 1. The fraction of sp³-hybridized carbons (Fsp3) is 0.480. The van der Waals surface area contributed by atoms with E-state index in [4.69, 9.17) is 14.2 Å². The first-order valence-corrected chi connectivity index (χ1v) is 11.0. The fourth-order valence-corrected chi connectivity index (χ4v) is 4.34. The molecule has 0 aliphatic heterocycles. The van der Waals surface area contributed by atoms with Crippen molar-refractivity contribution < 1.29 is 32.2 Å². The number of alkyl halides is 3. The molecular formula is C25H30F3NO4. The normalized spacial score (nSPS) is 16.3. The summed E-state index contributed by atoms with van der Waals surface area (Å²) < 4.78 is 55.9. The van der Waals surface area contributed by atoms with Crippen LogP contribution in [0.3, 0.4) is 0 Å². The molecular weight excluding hydrogens is 435 g/mol. The highest BCUT2D eigenvalue weighted by Crippen LogP contribution is 2.43. The molecule has 1 amide bonds. The summed E-state index contributed by atoms with van der Waals surface area (Å²) in [6.07, 6.45) is -1.84. The van der Waals surface area contributed by atoms with Crippen LogP contribution < -0.4 is 14.8 Å². The van der Waals surface area contributed by atoms with Crippen molar-refractivity contribution in [1.82, 2.24) is 5.32 Å². The van der Waals surface area contributed by atoms with Gasteiger partial charge in [0.15, 0.2) is 11.5 Å². The van der Waals surface area contributed by atoms with Crippen molar-refractivity contribution in [3.63, 3.8) is 0 Å². The number of hydrogen-bond donors (Lipinski definition) is 1. The standard InChI is InChI=1S/C25H30F3NO4/c1-17(18-9-10-21(22(15-18)32-3)33-14-13-31-2)29-23(30)24(11-4-5-12-24)19-7-6-8-20(16-19)25(26,27)28/h6-10,15-17H,4-5,11-14H2,1-3H3,(H,29,30). The zero-order chi connectivity index (χ0) is 24.1. The average molecular weight is 466 g/mol. The Morgan fingerprint density at radius 3 is 2.42 bits per heavy atom. The predicted molar refractivity (Wildman–Crippen MR) is 119 cm³/mol. The van der Waals surface area contributed by atoms with Gasteiger partial charge in [0.05, 0.1) is 30.7 Å². The topological polar surface area (TPSA) is 56.8 Å². The Morgan fingerprint density at radius 2 is 1.79 bits per heavy atom. The van der Waals surface area contributed by atoms with Crippen LogP contribution in [0.4, 0.5) is 13.2 Å². The maximum atomic E-state index is 13.4. The van der Waals surface area contributed by atoms with E-state index in [2.05, 4.69) is 5.32 Å². The van der Waals surface area contributed by atoms with Gasteiger partial charge in [0, 0.05) is 7.11 Å². The fourth-order valence-electron chi connectivity index (χ4n) is 4.34. The summed E-state index contributed by atoms with van der Waals surface area (Å²) in [5.74, 6) is 0.831. The first-order chi connectivity index (χ1) is 15.7. The van der Waals surface area contributed by atoms with Crippen molar-refractivity contribution in [2.75, 3.05) is 27.4 Å². The van der Waals surface area contributed by atoms with Crippen molar-refractivity contribution >= 4 is 5.91 Å². The van der Waals surface area contributed by atoms with Gasteiger partial charge >= 0.3 is 6.18 Å². The lowest BCUT2D eigenvalue weighted by atomic mass is 9.77. The van der Waals surface area contributed by atoms with Gasteiger partial charge in [-0.1, -0.05) is 37.1 Å². The van der Waals surface area contributed by atoms with E-state index in [1.165, 1.54) is 13.2 Å². The summed E-state index contributed by atoms with van der Waals surface area (Å²) >= 11 is 0. The summed E-state index contributed by atoms with van der Waals surface area (Å²) in [6, 6.07) is 10.2. The molecule has 1 atom stereocenters. The first-order valence-electron chi connectivity index (χ1n) is 11.0. The highest BCUT2D eigenvalue weighted by Gasteiger charge is 2.44. The minimum Gasteiger partial charge on any atom is -0.493 e. The highest BCUT2D eigenvalue weighted by molar-refractivity contribution is 5.89. The summed E-state index contributed by atoms with van der Waals surface area (Å²) in [5.41, 5.74) is -0.487. The Bertz CT molecular complexity index is 955. The Hall–Kier alpha value is -2.74. The first kappa shape index (κ1) is 24.9. The van der Waals surface area contributed by atoms with Gasteiger partial charge < -0.3 is 19.5 Å². The molecule has 1 aliphatic carbocycles. The second kappa shape index (κ2) is 10.5. The SMILES string of the molecule is COCCOc1ccc(C(C)NC(=O)C2(c3cccc(C(F)(F)F)c3)CCCC2)cc1OC. The summed E-state index contributed by atoms with van der Waals surface area (Å²) in [4.78, 5) is 13.4. The lowest BCUT2D eigenvalue weighted by Gasteiger charge is -2.31. The van der Waals surface area contributed by atoms with Gasteiger partial charge in [-0.05, 0) is 49.1 Å². The molecule has 1 N–H and O–H groups in total. The number of amides is 1. The third kappa shape index (κ3) is 5.61. The number of benzene rings is 2. The molecule has 1 unspecified atom stereocenters. The molecule has 2 aromatic rings. The minimum absolute atomic E-state index is 0.258. The third-order valence-corrected chi connectivity index (χ3v) is 6.21. The van der Waals surface area contributed by atoms with Crippen LogP contribution in [0.1, 0.15) is 55.3 Å². The maximum absolute atomic E-state index is 13.4. The van der Waals surface area contributed by atoms with E-state index in [1.807, 2.05) is 13.0 Å². The van der Waals surface area contributed by atoms with Gasteiger partial charge in [0.2, 0.25) is 5.91 Å². The number of ether oxygens (including phenoxy) is 3. The number of halogens is 3. The number of rotatable bonds is 9. The molecule has 1 aliphatic rings. The molecule has 8 heteroatoms. The van der Waals surface area contributed by atoms with Crippen molar-refractivity contribution in [3.05, 3.63) is 59.2 Å². The summed E-state index contributed by atoms with van der Waals surface area (Å²) in [7, 11) is 3.12. The summed E-state index contributed by atoms with van der Waals surface area (Å²) in [6.45, 7) is 2.65. The molecule has 180 valence electrons. The van der Waals surface area contributed by atoms with Crippen molar-refractivity contribution in [2.24, 2.45) is 0 Å². The van der Waals surface area contributed by atoms with Gasteiger partial charge in [-0.3, -0.25) is 4.79 Å². The van der Waals surface area contributed by atoms with Gasteiger partial charge in [0.25, 0.3) is 0 Å². The van der Waals surface area contributed by atoms with Crippen LogP contribution >= 0.6 is 0 Å². The molecule has 5 nitrogen and oxygen atoms in total. The molecule has 0 heterocycles. The highest BCUT2D eigenvalue weighted by atomic mass is 19.4. The van der Waals surface area contributed by atoms with Gasteiger partial charge in [-0.15, -0.1) is 0 Å². The smallest absolute Gasteiger partial charge is 0.416 e. The minimum atomic E-state index is -4.46. The van der Waals surface area contributed by atoms with Crippen LogP contribution in [0, 0.1) is 0 Å². The van der Waals surface area contributed by atoms with E-state index in [1.54, 1.807) is 25.3 Å². The Morgan fingerprint density at radius 1 is 1.06 bits per heavy atom. The largest absolute Gasteiger partial charge is 0.493 e. The molecule has 0 spiro atoms. The zero-order valence-electron chi connectivity index (χ0n) is 19.1. The monoisotopic (exact) mass is 465 g/mol. The van der Waals surface area contributed by atoms with Gasteiger partial charge in [-0.2, -0.15) is 13.2 Å². The van der Waals surface area contributed by atoms with Crippen LogP contribution in [0.25, 0.3) is 0 Å². The molecule has 0 saturated heterocycles. The van der Waals surface area contributed by atoms with Gasteiger partial charge in [-0.25, -0.2) is 0 Å². The van der Waals surface area contributed by atoms with E-state index in [0.29, 0.717) is 43.1 Å². The molecule has 0 bridgehead atoms. The van der Waals surface area contributed by atoms with Gasteiger partial charge in [0.1, 0.15) is 6.61 Å². The number of nitrogens with one attached hydrogen (secondary N) is 1. The molecule has 2 aromatic carbocycles. The van der Waals surface area contributed by atoms with Crippen molar-refractivity contribution in [3.8, 4) is 11.5 Å². The Labute approximate surface area is 192 Å². The molecule has 0 aromatic heterocycles. The quantitative estimate of drug-likeness (QED) is 0.502. The molecule has 1 saturated carbocycles. The van der Waals surface area contributed by atoms with Crippen molar-refractivity contribution in [1.29, 1.82) is 0 Å². The van der Waals surface area contributed by atoms with E-state index >= 15 is 0 Å². The Kier molecular flexibility index (Phi) is 7.89. The molecule has 3 rings (SSSR count).